The Morgan fingerprint density at radius 1 is 1.45 bits per heavy atom. The average molecular weight is 439 g/mol. The molecule has 0 aromatic carbocycles. The molecule has 0 spiro atoms. The number of fused-ring (bicyclic) bond motifs is 1. The number of rotatable bonds is 4. The Morgan fingerprint density at radius 3 is 2.55 bits per heavy atom. The van der Waals surface area contributed by atoms with Gasteiger partial charge in [-0.15, -0.1) is 0 Å². The van der Waals surface area contributed by atoms with E-state index >= 15 is 0 Å². The molecule has 4 atom stereocenters. The van der Waals surface area contributed by atoms with Crippen molar-refractivity contribution in [3.63, 3.8) is 0 Å². The van der Waals surface area contributed by atoms with E-state index in [1.165, 1.54) is 0 Å². The smallest absolute Gasteiger partial charge is 0.247 e. The predicted octanol–water partition coefficient (Wildman–Crippen LogP) is 1.41. The minimum absolute atomic E-state index is 0.0118. The summed E-state index contributed by atoms with van der Waals surface area (Å²) < 4.78 is 8.88. The van der Waals surface area contributed by atoms with Gasteiger partial charge in [0, 0.05) is 0 Å². The zero-order valence-corrected chi connectivity index (χ0v) is 17.2. The van der Waals surface area contributed by atoms with Gasteiger partial charge in [0.2, 0.25) is 11.8 Å². The number of halogens is 1. The van der Waals surface area contributed by atoms with Crippen LogP contribution in [-0.4, -0.2) is 55.8 Å². The van der Waals surface area contributed by atoms with Gasteiger partial charge in [0.1, 0.15) is 6.04 Å². The van der Waals surface area contributed by atoms with Crippen LogP contribution in [-0.2, 0) is 14.0 Å². The van der Waals surface area contributed by atoms with Crippen LogP contribution in [0.25, 0.3) is 0 Å². The highest BCUT2D eigenvalue weighted by molar-refractivity contribution is 14.1. The van der Waals surface area contributed by atoms with Crippen molar-refractivity contribution in [2.45, 2.75) is 70.0 Å². The molecule has 2 fully saturated rings. The van der Waals surface area contributed by atoms with Crippen LogP contribution in [0, 0.1) is 0 Å². The summed E-state index contributed by atoms with van der Waals surface area (Å²) in [7, 11) is -1.85. The Bertz CT molecular complexity index is 480. The zero-order chi connectivity index (χ0) is 16.9. The van der Waals surface area contributed by atoms with Gasteiger partial charge >= 0.3 is 0 Å². The van der Waals surface area contributed by atoms with Crippen LogP contribution in [0.5, 0.6) is 0 Å². The number of amides is 2. The molecule has 0 bridgehead atoms. The summed E-state index contributed by atoms with van der Waals surface area (Å²) in [4.78, 5) is 26.1. The fourth-order valence-electron chi connectivity index (χ4n) is 2.64. The highest BCUT2D eigenvalue weighted by Crippen LogP contribution is 2.40. The minimum Gasteiger partial charge on any atom is -0.415 e. The number of hydrogen-bond donors (Lipinski definition) is 2. The molecular formula is C14H26IN3O3Si. The molecule has 126 valence electrons. The van der Waals surface area contributed by atoms with E-state index < -0.39 is 8.32 Å². The maximum absolute atomic E-state index is 12.2. The molecule has 0 aromatic rings. The van der Waals surface area contributed by atoms with Crippen LogP contribution in [0.1, 0.15) is 27.7 Å². The van der Waals surface area contributed by atoms with E-state index in [2.05, 4.69) is 42.7 Å². The molecule has 0 aromatic heterocycles. The number of carbonyl (C=O) groups is 2. The fraction of sp³-hybridized carbons (Fsp3) is 0.857. The highest BCUT2D eigenvalue weighted by Gasteiger charge is 2.61. The van der Waals surface area contributed by atoms with E-state index in [9.17, 15) is 9.59 Å². The lowest BCUT2D eigenvalue weighted by molar-refractivity contribution is -0.132. The van der Waals surface area contributed by atoms with E-state index in [1.807, 2.05) is 27.8 Å². The summed E-state index contributed by atoms with van der Waals surface area (Å²) in [6.07, 6.45) is 0. The van der Waals surface area contributed by atoms with Crippen molar-refractivity contribution < 1.29 is 14.0 Å². The first-order chi connectivity index (χ1) is 10.0. The van der Waals surface area contributed by atoms with E-state index in [1.54, 1.807) is 6.92 Å². The van der Waals surface area contributed by atoms with Gasteiger partial charge in [0.25, 0.3) is 0 Å². The molecule has 0 aliphatic carbocycles. The largest absolute Gasteiger partial charge is 0.415 e. The second kappa shape index (κ2) is 6.03. The first-order valence-corrected chi connectivity index (χ1v) is 11.6. The third-order valence-corrected chi connectivity index (χ3v) is 10.2. The average Bonchev–Trinajstić information content (AvgIpc) is 3.13. The van der Waals surface area contributed by atoms with Gasteiger partial charge in [-0.1, -0.05) is 20.8 Å². The van der Waals surface area contributed by atoms with Crippen molar-refractivity contribution in [2.75, 3.05) is 6.61 Å². The van der Waals surface area contributed by atoms with Gasteiger partial charge < -0.3 is 9.33 Å². The Morgan fingerprint density at radius 2 is 2.05 bits per heavy atom. The minimum atomic E-state index is -1.85. The molecule has 2 rings (SSSR count). The topological polar surface area (TPSA) is 70.4 Å². The van der Waals surface area contributed by atoms with Crippen molar-refractivity contribution in [3.8, 4) is 0 Å². The Labute approximate surface area is 147 Å². The number of nitrogens with zero attached hydrogens (tertiary/aromatic N) is 1. The number of hydrogen-bond acceptors (Lipinski definition) is 4. The molecular weight excluding hydrogens is 413 g/mol. The summed E-state index contributed by atoms with van der Waals surface area (Å²) in [5.41, 5.74) is 0. The molecule has 6 nitrogen and oxygen atoms in total. The normalized spacial score (nSPS) is 31.8. The lowest BCUT2D eigenvalue weighted by Gasteiger charge is -2.36. The van der Waals surface area contributed by atoms with Crippen molar-refractivity contribution >= 4 is 43.0 Å². The van der Waals surface area contributed by atoms with Gasteiger partial charge in [-0.2, -0.15) is 0 Å². The zero-order valence-electron chi connectivity index (χ0n) is 14.1. The number of piperazine rings is 1. The van der Waals surface area contributed by atoms with Crippen molar-refractivity contribution in [1.82, 2.24) is 13.7 Å². The van der Waals surface area contributed by atoms with E-state index in [0.717, 1.165) is 0 Å². The Kier molecular flexibility index (Phi) is 4.97. The monoisotopic (exact) mass is 439 g/mol. The van der Waals surface area contributed by atoms with Crippen molar-refractivity contribution in [3.05, 3.63) is 0 Å². The summed E-state index contributed by atoms with van der Waals surface area (Å²) in [6.45, 7) is 13.3. The van der Waals surface area contributed by atoms with E-state index in [4.69, 9.17) is 4.43 Å². The maximum Gasteiger partial charge on any atom is 0.247 e. The van der Waals surface area contributed by atoms with Crippen LogP contribution < -0.4 is 8.85 Å². The standard InChI is InChI=1S/C14H26IN3O3Si/c1-8-13(20)18-9(7-21-22(5,6)14(2,3)4)11(18)10(16-8)12(19)17-15/h8-11,16H,7H2,1-6H3,(H,17,19)/t8-,9+,10+,11+,18?/m0/s1. The molecule has 0 radical (unpaired) electrons. The molecule has 2 amide bonds. The van der Waals surface area contributed by atoms with Crippen LogP contribution in [0.4, 0.5) is 0 Å². The van der Waals surface area contributed by atoms with Gasteiger partial charge in [-0.25, -0.2) is 0 Å². The molecule has 2 N–H and O–H groups in total. The van der Waals surface area contributed by atoms with Gasteiger partial charge in [0.05, 0.1) is 47.6 Å². The molecule has 2 aliphatic heterocycles. The lowest BCUT2D eigenvalue weighted by atomic mass is 10.1. The quantitative estimate of drug-likeness (QED) is 0.301. The van der Waals surface area contributed by atoms with Crippen LogP contribution >= 0.6 is 22.9 Å². The molecule has 2 aliphatic rings. The van der Waals surface area contributed by atoms with E-state index in [0.29, 0.717) is 6.61 Å². The third-order valence-electron chi connectivity index (χ3n) is 5.18. The summed E-state index contributed by atoms with van der Waals surface area (Å²) >= 11 is 1.84. The number of nitrogens with one attached hydrogen (secondary N) is 2. The Balaban J connectivity index is 2.05. The van der Waals surface area contributed by atoms with Crippen molar-refractivity contribution in [1.29, 1.82) is 0 Å². The SMILES string of the molecule is C[C@@H]1N[C@@H](C(=O)NI)[C@H]2[C@@H](CO[Si](C)(C)C(C)(C)C)N2C1=O. The fourth-order valence-corrected chi connectivity index (χ4v) is 3.99. The Hall–Kier alpha value is -0.193. The van der Waals surface area contributed by atoms with Crippen LogP contribution in [0.3, 0.4) is 0 Å². The van der Waals surface area contributed by atoms with Gasteiger partial charge in [-0.05, 0) is 25.1 Å². The first-order valence-electron chi connectivity index (χ1n) is 7.64. The molecule has 8 heteroatoms. The van der Waals surface area contributed by atoms with Crippen LogP contribution in [0.15, 0.2) is 0 Å². The summed E-state index contributed by atoms with van der Waals surface area (Å²) in [5, 5.41) is 3.25. The van der Waals surface area contributed by atoms with Crippen LogP contribution in [0.2, 0.25) is 18.1 Å². The third kappa shape index (κ3) is 3.20. The van der Waals surface area contributed by atoms with Gasteiger partial charge in [0.15, 0.2) is 8.32 Å². The summed E-state index contributed by atoms with van der Waals surface area (Å²) in [5.74, 6) is -0.0175. The second-order valence-electron chi connectivity index (χ2n) is 7.70. The van der Waals surface area contributed by atoms with Gasteiger partial charge in [-0.3, -0.25) is 18.4 Å². The molecule has 2 saturated heterocycles. The first kappa shape index (κ1) is 18.1. The maximum atomic E-state index is 12.2. The molecule has 2 heterocycles. The van der Waals surface area contributed by atoms with E-state index in [-0.39, 0.29) is 41.0 Å². The molecule has 0 unspecified atom stereocenters. The lowest BCUT2D eigenvalue weighted by Crippen LogP contribution is -2.57. The molecule has 22 heavy (non-hydrogen) atoms. The summed E-state index contributed by atoms with van der Waals surface area (Å²) in [6, 6.07) is -0.744. The van der Waals surface area contributed by atoms with Crippen molar-refractivity contribution in [2.24, 2.45) is 0 Å². The molecule has 0 saturated carbocycles. The predicted molar refractivity (Wildman–Crippen MR) is 96.1 cm³/mol. The highest BCUT2D eigenvalue weighted by atomic mass is 127. The second-order valence-corrected chi connectivity index (χ2v) is 13.0. The number of carbonyl (C=O) groups excluding carboxylic acids is 2.